The Morgan fingerprint density at radius 2 is 1.48 bits per heavy atom. The fraction of sp³-hybridized carbons (Fsp3) is 0.235. The van der Waals surface area contributed by atoms with Crippen molar-refractivity contribution in [1.29, 1.82) is 0 Å². The number of rotatable bonds is 1. The van der Waals surface area contributed by atoms with Crippen LogP contribution < -0.4 is 0 Å². The van der Waals surface area contributed by atoms with E-state index in [2.05, 4.69) is 9.97 Å². The molecule has 4 heteroatoms. The summed E-state index contributed by atoms with van der Waals surface area (Å²) in [5.41, 5.74) is 4.04. The molecule has 1 amide bonds. The zero-order valence-electron chi connectivity index (χ0n) is 11.6. The van der Waals surface area contributed by atoms with Gasteiger partial charge in [-0.05, 0) is 43.2 Å². The number of para-hydroxylation sites is 2. The number of hydrogen-bond donors (Lipinski definition) is 0. The van der Waals surface area contributed by atoms with E-state index >= 15 is 0 Å². The summed E-state index contributed by atoms with van der Waals surface area (Å²) in [5.74, 6) is 0.101. The number of carbonyl (C=O) groups excluding carboxylic acids is 1. The number of hydrogen-bond acceptors (Lipinski definition) is 3. The van der Waals surface area contributed by atoms with Gasteiger partial charge >= 0.3 is 0 Å². The van der Waals surface area contributed by atoms with Gasteiger partial charge in [0, 0.05) is 18.7 Å². The molecule has 104 valence electrons. The quantitative estimate of drug-likeness (QED) is 0.642. The van der Waals surface area contributed by atoms with Crippen LogP contribution in [0.3, 0.4) is 0 Å². The van der Waals surface area contributed by atoms with Crippen LogP contribution in [-0.4, -0.2) is 33.9 Å². The summed E-state index contributed by atoms with van der Waals surface area (Å²) in [6.45, 7) is 1.72. The lowest BCUT2D eigenvalue weighted by Gasteiger charge is -2.15. The van der Waals surface area contributed by atoms with Crippen LogP contribution in [0.2, 0.25) is 0 Å². The smallest absolute Gasteiger partial charge is 0.253 e. The van der Waals surface area contributed by atoms with Crippen molar-refractivity contribution in [2.75, 3.05) is 13.1 Å². The minimum Gasteiger partial charge on any atom is -0.339 e. The van der Waals surface area contributed by atoms with Crippen LogP contribution in [0.25, 0.3) is 22.1 Å². The first-order valence-electron chi connectivity index (χ1n) is 7.27. The van der Waals surface area contributed by atoms with Gasteiger partial charge in [-0.25, -0.2) is 9.97 Å². The van der Waals surface area contributed by atoms with Gasteiger partial charge in [0.15, 0.2) is 0 Å². The molecular formula is C17H15N3O. The molecule has 1 aliphatic rings. The molecular weight excluding hydrogens is 262 g/mol. The molecule has 0 N–H and O–H groups in total. The second-order valence-corrected chi connectivity index (χ2v) is 5.42. The summed E-state index contributed by atoms with van der Waals surface area (Å²) in [6.07, 6.45) is 2.20. The lowest BCUT2D eigenvalue weighted by Crippen LogP contribution is -2.27. The Hall–Kier alpha value is -2.49. The molecule has 4 nitrogen and oxygen atoms in total. The van der Waals surface area contributed by atoms with Crippen molar-refractivity contribution < 1.29 is 4.79 Å². The highest BCUT2D eigenvalue weighted by Gasteiger charge is 2.19. The van der Waals surface area contributed by atoms with Crippen molar-refractivity contribution in [3.63, 3.8) is 0 Å². The van der Waals surface area contributed by atoms with E-state index in [0.29, 0.717) is 5.56 Å². The van der Waals surface area contributed by atoms with Gasteiger partial charge in [-0.1, -0.05) is 12.1 Å². The normalized spacial score (nSPS) is 15.0. The van der Waals surface area contributed by atoms with E-state index in [4.69, 9.17) is 0 Å². The summed E-state index contributed by atoms with van der Waals surface area (Å²) < 4.78 is 0. The maximum atomic E-state index is 12.4. The van der Waals surface area contributed by atoms with Crippen LogP contribution >= 0.6 is 0 Å². The second kappa shape index (κ2) is 4.81. The van der Waals surface area contributed by atoms with E-state index < -0.39 is 0 Å². The molecule has 21 heavy (non-hydrogen) atoms. The third-order valence-electron chi connectivity index (χ3n) is 3.98. The molecule has 0 radical (unpaired) electrons. The second-order valence-electron chi connectivity index (χ2n) is 5.42. The summed E-state index contributed by atoms with van der Waals surface area (Å²) in [7, 11) is 0. The monoisotopic (exact) mass is 277 g/mol. The Labute approximate surface area is 122 Å². The Balaban J connectivity index is 1.81. The third-order valence-corrected chi connectivity index (χ3v) is 3.98. The number of fused-ring (bicyclic) bond motifs is 2. The average Bonchev–Trinajstić information content (AvgIpc) is 3.06. The molecule has 1 fully saturated rings. The Bertz CT molecular complexity index is 838. The van der Waals surface area contributed by atoms with E-state index in [1.54, 1.807) is 0 Å². The predicted molar refractivity (Wildman–Crippen MR) is 82.2 cm³/mol. The fourth-order valence-corrected chi connectivity index (χ4v) is 2.86. The zero-order valence-corrected chi connectivity index (χ0v) is 11.6. The Morgan fingerprint density at radius 3 is 2.19 bits per heavy atom. The van der Waals surface area contributed by atoms with Crippen molar-refractivity contribution >= 4 is 28.0 Å². The van der Waals surface area contributed by atoms with Crippen LogP contribution in [0.4, 0.5) is 0 Å². The first kappa shape index (κ1) is 12.3. The van der Waals surface area contributed by atoms with Crippen LogP contribution in [0.5, 0.6) is 0 Å². The van der Waals surface area contributed by atoms with Gasteiger partial charge in [-0.3, -0.25) is 4.79 Å². The Kier molecular flexibility index (Phi) is 2.81. The number of likely N-dealkylation sites (tertiary alicyclic amines) is 1. The molecule has 4 rings (SSSR count). The van der Waals surface area contributed by atoms with Gasteiger partial charge in [0.25, 0.3) is 5.91 Å². The maximum Gasteiger partial charge on any atom is 0.253 e. The highest BCUT2D eigenvalue weighted by molar-refractivity contribution is 5.98. The largest absolute Gasteiger partial charge is 0.339 e. The highest BCUT2D eigenvalue weighted by Crippen LogP contribution is 2.19. The average molecular weight is 277 g/mol. The number of nitrogens with zero attached hydrogens (tertiary/aromatic N) is 3. The summed E-state index contributed by atoms with van der Waals surface area (Å²) in [5, 5.41) is 0. The number of aromatic nitrogens is 2. The first-order chi connectivity index (χ1) is 10.3. The van der Waals surface area contributed by atoms with Crippen molar-refractivity contribution in [2.45, 2.75) is 12.8 Å². The van der Waals surface area contributed by atoms with E-state index in [1.165, 1.54) is 0 Å². The van der Waals surface area contributed by atoms with Crippen LogP contribution in [-0.2, 0) is 0 Å². The van der Waals surface area contributed by atoms with Gasteiger partial charge in [0.05, 0.1) is 22.1 Å². The molecule has 0 bridgehead atoms. The summed E-state index contributed by atoms with van der Waals surface area (Å²) in [6, 6.07) is 13.4. The first-order valence-corrected chi connectivity index (χ1v) is 7.27. The number of carbonyl (C=O) groups is 1. The maximum absolute atomic E-state index is 12.4. The molecule has 0 aliphatic carbocycles. The van der Waals surface area contributed by atoms with Crippen LogP contribution in [0.15, 0.2) is 42.5 Å². The van der Waals surface area contributed by atoms with Crippen molar-refractivity contribution in [2.24, 2.45) is 0 Å². The minimum absolute atomic E-state index is 0.101. The molecule has 1 saturated heterocycles. The molecule has 0 spiro atoms. The number of amides is 1. The van der Waals surface area contributed by atoms with Crippen LogP contribution in [0.1, 0.15) is 23.2 Å². The van der Waals surface area contributed by atoms with E-state index in [-0.39, 0.29) is 5.91 Å². The fourth-order valence-electron chi connectivity index (χ4n) is 2.86. The van der Waals surface area contributed by atoms with Crippen LogP contribution in [0, 0.1) is 0 Å². The lowest BCUT2D eigenvalue weighted by molar-refractivity contribution is 0.0793. The zero-order chi connectivity index (χ0) is 14.2. The van der Waals surface area contributed by atoms with Gasteiger partial charge in [-0.2, -0.15) is 0 Å². The topological polar surface area (TPSA) is 46.1 Å². The standard InChI is InChI=1S/C17H15N3O/c21-17(20-9-3-4-10-20)12-7-8-15-16(11-12)19-14-6-2-1-5-13(14)18-15/h1-2,5-8,11H,3-4,9-10H2. The predicted octanol–water partition coefficient (Wildman–Crippen LogP) is 3.02. The molecule has 0 atom stereocenters. The van der Waals surface area contributed by atoms with Crippen molar-refractivity contribution in [1.82, 2.24) is 14.9 Å². The molecule has 1 aliphatic heterocycles. The SMILES string of the molecule is O=C(c1ccc2nc3ccccc3nc2c1)N1CCCC1. The Morgan fingerprint density at radius 1 is 0.857 bits per heavy atom. The van der Waals surface area contributed by atoms with Gasteiger partial charge in [0.1, 0.15) is 0 Å². The van der Waals surface area contributed by atoms with E-state index in [0.717, 1.165) is 48.0 Å². The highest BCUT2D eigenvalue weighted by atomic mass is 16.2. The van der Waals surface area contributed by atoms with Crippen molar-refractivity contribution in [3.8, 4) is 0 Å². The molecule has 2 aromatic carbocycles. The molecule has 2 heterocycles. The van der Waals surface area contributed by atoms with Crippen molar-refractivity contribution in [3.05, 3.63) is 48.0 Å². The summed E-state index contributed by atoms with van der Waals surface area (Å²) in [4.78, 5) is 23.5. The molecule has 3 aromatic rings. The molecule has 0 unspecified atom stereocenters. The van der Waals surface area contributed by atoms with Gasteiger partial charge in [-0.15, -0.1) is 0 Å². The molecule has 1 aromatic heterocycles. The third kappa shape index (κ3) is 2.13. The number of benzene rings is 2. The van der Waals surface area contributed by atoms with Gasteiger partial charge in [0.2, 0.25) is 0 Å². The minimum atomic E-state index is 0.101. The lowest BCUT2D eigenvalue weighted by atomic mass is 10.1. The van der Waals surface area contributed by atoms with E-state index in [1.807, 2.05) is 47.4 Å². The van der Waals surface area contributed by atoms with Gasteiger partial charge < -0.3 is 4.90 Å². The summed E-state index contributed by atoms with van der Waals surface area (Å²) >= 11 is 0. The molecule has 0 saturated carbocycles. The van der Waals surface area contributed by atoms with E-state index in [9.17, 15) is 4.79 Å².